The van der Waals surface area contributed by atoms with Crippen LogP contribution in [-0.2, 0) is 19.1 Å². The lowest BCUT2D eigenvalue weighted by Gasteiger charge is -2.46. The molecule has 0 bridgehead atoms. The number of aliphatic hydroxyl groups excluding tert-OH is 2. The van der Waals surface area contributed by atoms with E-state index in [2.05, 4.69) is 201 Å². The van der Waals surface area contributed by atoms with Crippen LogP contribution in [0.2, 0.25) is 0 Å². The first-order valence-electron chi connectivity index (χ1n) is 44.1. The van der Waals surface area contributed by atoms with E-state index in [0.29, 0.717) is 23.8 Å². The number of aliphatic hydroxyl groups is 3. The molecule has 13 nitrogen and oxygen atoms in total. The first-order valence-corrected chi connectivity index (χ1v) is 44.1. The minimum absolute atomic E-state index is 0.0300. The lowest BCUT2D eigenvalue weighted by atomic mass is 9.67. The number of nitrogens with zero attached hydrogens (tertiary/aromatic N) is 3. The van der Waals surface area contributed by atoms with Crippen LogP contribution in [0.5, 0.6) is 0 Å². The highest BCUT2D eigenvalue weighted by Gasteiger charge is 2.40. The molecule has 3 saturated carbocycles. The first kappa shape index (κ1) is 103. The number of hydrogen-bond acceptors (Lipinski definition) is 11. The molecule has 6 N–H and O–H groups in total. The summed E-state index contributed by atoms with van der Waals surface area (Å²) in [4.78, 5) is 28.9. The second-order valence-electron chi connectivity index (χ2n) is 39.2. The van der Waals surface area contributed by atoms with Crippen LogP contribution in [0.25, 0.3) is 0 Å². The van der Waals surface area contributed by atoms with Gasteiger partial charge in [-0.1, -0.05) is 180 Å². The normalized spacial score (nSPS) is 27.6. The van der Waals surface area contributed by atoms with E-state index >= 15 is 0 Å². The van der Waals surface area contributed by atoms with Crippen molar-refractivity contribution in [2.45, 2.75) is 371 Å². The van der Waals surface area contributed by atoms with Crippen molar-refractivity contribution < 1.29 is 34.4 Å². The molecule has 7 saturated heterocycles. The zero-order valence-electron chi connectivity index (χ0n) is 74.8. The van der Waals surface area contributed by atoms with Gasteiger partial charge in [0.15, 0.2) is 0 Å². The van der Waals surface area contributed by atoms with E-state index < -0.39 is 0 Å². The summed E-state index contributed by atoms with van der Waals surface area (Å²) in [5.74, 6) is 15.2. The number of morpholine rings is 1. The Bertz CT molecular complexity index is 1960. The highest BCUT2D eigenvalue weighted by atomic mass is 16.5. The van der Waals surface area contributed by atoms with Gasteiger partial charge in [-0.2, -0.15) is 0 Å². The van der Waals surface area contributed by atoms with E-state index in [0.717, 1.165) is 192 Å². The number of hydrogen-bond donors (Lipinski definition) is 6. The number of carbonyl (C=O) groups excluding carboxylic acids is 2. The third-order valence-electron chi connectivity index (χ3n) is 25.1. The van der Waals surface area contributed by atoms with E-state index in [1.54, 1.807) is 13.8 Å². The zero-order valence-corrected chi connectivity index (χ0v) is 74.8. The third-order valence-corrected chi connectivity index (χ3v) is 25.1. The topological polar surface area (TPSA) is 159 Å². The van der Waals surface area contributed by atoms with Gasteiger partial charge in [0, 0.05) is 90.6 Å². The Kier molecular flexibility index (Phi) is 56.0. The highest BCUT2D eigenvalue weighted by Crippen LogP contribution is 2.42. The highest BCUT2D eigenvalue weighted by molar-refractivity contribution is 5.74. The number of amides is 2. The van der Waals surface area contributed by atoms with Crippen LogP contribution in [0.4, 0.5) is 0 Å². The monoisotopic (exact) mass is 1480 g/mol. The van der Waals surface area contributed by atoms with Crippen LogP contribution in [0.3, 0.4) is 0 Å². The Hall–Kier alpha value is -1.42. The van der Waals surface area contributed by atoms with E-state index in [-0.39, 0.29) is 35.5 Å². The molecule has 10 rings (SSSR count). The second kappa shape index (κ2) is 56.7. The van der Waals surface area contributed by atoms with E-state index in [1.807, 2.05) is 16.7 Å². The molecule has 10 fully saturated rings. The van der Waals surface area contributed by atoms with Crippen molar-refractivity contribution in [2.75, 3.05) is 91.9 Å². The minimum atomic E-state index is -0.324. The standard InChI is InChI=1S/C11H21NO.2C10H19NO.3C8H17N.2C8H16O.C7H14O.C7H16O.C6H14/c1-9(2)10-7-11(8-10)12-3-5-13-6-4-12;1-8(2)10-5-4-6-11(7-10)9(3)12;1-8(2)7-10-5-4-6-11(10)9(3)12;1-7(2)8-4-3-5-9-6-8;2*1-7(2)6-8-4-3-5-9-8;1-6(2)7-4-8(3,9)5-7;1-7(2)8-3-5-9-6-4-8;1-5(2)6-3-7(8)4-6;1-6(2)7(3,4)5-8;1-5(2)6(3)4/h9-11H,3-8H2,1-2H3;2*8,10H,4-7H2,1-3H3;3*7-9H,3-6H2,1-2H3;6-7,9H,4-5H2,1-3H3;7-8H,3-6H2,1-2H3;5-8H,3-4H2,1-2H3;6,8H,5H2,1-4H3;5-6H,1-4H3/t;2*10-;3*8-;;;;;/m.11110...../s1. The number of carbonyl (C=O) groups is 2. The van der Waals surface area contributed by atoms with Gasteiger partial charge in [0.05, 0.1) is 24.9 Å². The summed E-state index contributed by atoms with van der Waals surface area (Å²) < 4.78 is 10.6. The predicted octanol–water partition coefficient (Wildman–Crippen LogP) is 20.2. The van der Waals surface area contributed by atoms with Crippen LogP contribution in [0, 0.1) is 112 Å². The number of ether oxygens (including phenoxy) is 2. The zero-order chi connectivity index (χ0) is 79.5. The molecule has 104 heavy (non-hydrogen) atoms. The van der Waals surface area contributed by atoms with Crippen molar-refractivity contribution in [3.63, 3.8) is 0 Å². The minimum Gasteiger partial charge on any atom is -0.396 e. The molecule has 5 atom stereocenters. The van der Waals surface area contributed by atoms with Gasteiger partial charge in [-0.15, -0.1) is 0 Å². The van der Waals surface area contributed by atoms with Gasteiger partial charge in [-0.3, -0.25) is 14.5 Å². The summed E-state index contributed by atoms with van der Waals surface area (Å²) in [5, 5.41) is 37.4. The van der Waals surface area contributed by atoms with Crippen molar-refractivity contribution in [3.8, 4) is 0 Å². The maximum absolute atomic E-state index is 11.2. The Morgan fingerprint density at radius 3 is 1.20 bits per heavy atom. The third kappa shape index (κ3) is 48.4. The molecule has 0 aromatic carbocycles. The molecule has 13 heteroatoms. The quantitative estimate of drug-likeness (QED) is 0.0873. The van der Waals surface area contributed by atoms with Crippen LogP contribution in [-0.4, -0.2) is 170 Å². The molecule has 0 unspecified atom stereocenters. The van der Waals surface area contributed by atoms with Crippen LogP contribution >= 0.6 is 0 Å². The molecule has 0 aromatic heterocycles. The lowest BCUT2D eigenvalue weighted by Crippen LogP contribution is -2.50. The molecular formula is C91H186N6O7. The van der Waals surface area contributed by atoms with Gasteiger partial charge in [-0.05, 0) is 280 Å². The van der Waals surface area contributed by atoms with Crippen molar-refractivity contribution in [2.24, 2.45) is 112 Å². The first-order chi connectivity index (χ1) is 48.5. The fourth-order valence-corrected chi connectivity index (χ4v) is 15.1. The van der Waals surface area contributed by atoms with E-state index in [1.165, 1.54) is 135 Å². The maximum atomic E-state index is 11.2. The Labute approximate surface area is 648 Å². The van der Waals surface area contributed by atoms with Gasteiger partial charge >= 0.3 is 0 Å². The van der Waals surface area contributed by atoms with E-state index in [4.69, 9.17) is 19.7 Å². The smallest absolute Gasteiger partial charge is 0.219 e. The van der Waals surface area contributed by atoms with Gasteiger partial charge in [0.1, 0.15) is 0 Å². The van der Waals surface area contributed by atoms with Gasteiger partial charge in [0.2, 0.25) is 11.8 Å². The summed E-state index contributed by atoms with van der Waals surface area (Å²) >= 11 is 0. The summed E-state index contributed by atoms with van der Waals surface area (Å²) in [7, 11) is 0. The summed E-state index contributed by atoms with van der Waals surface area (Å²) in [6.07, 6.45) is 26.7. The molecule has 622 valence electrons. The molecule has 10 aliphatic rings. The van der Waals surface area contributed by atoms with Gasteiger partial charge in [-0.25, -0.2) is 0 Å². The molecule has 0 aromatic rings. The van der Waals surface area contributed by atoms with Crippen LogP contribution < -0.4 is 16.0 Å². The number of nitrogens with one attached hydrogen (secondary N) is 3. The molecule has 7 heterocycles. The number of rotatable bonds is 16. The largest absolute Gasteiger partial charge is 0.396 e. The Morgan fingerprint density at radius 2 is 0.904 bits per heavy atom. The second-order valence-corrected chi connectivity index (χ2v) is 39.2. The average Bonchev–Trinajstić information content (AvgIpc) is 0.897. The van der Waals surface area contributed by atoms with Crippen LogP contribution in [0.15, 0.2) is 0 Å². The lowest BCUT2D eigenvalue weighted by molar-refractivity contribution is -0.131. The molecular weight excluding hydrogens is 1290 g/mol. The Morgan fingerprint density at radius 1 is 0.481 bits per heavy atom. The molecule has 3 aliphatic carbocycles. The van der Waals surface area contributed by atoms with Crippen molar-refractivity contribution in [3.05, 3.63) is 0 Å². The average molecular weight is 1480 g/mol. The van der Waals surface area contributed by atoms with E-state index in [9.17, 15) is 14.7 Å². The van der Waals surface area contributed by atoms with Gasteiger partial charge < -0.3 is 50.5 Å². The number of likely N-dealkylation sites (tertiary alicyclic amines) is 2. The van der Waals surface area contributed by atoms with Crippen molar-refractivity contribution >= 4 is 11.8 Å². The molecule has 7 aliphatic heterocycles. The molecule has 2 amide bonds. The van der Waals surface area contributed by atoms with Crippen molar-refractivity contribution in [1.82, 2.24) is 30.7 Å². The maximum Gasteiger partial charge on any atom is 0.219 e. The van der Waals surface area contributed by atoms with Crippen molar-refractivity contribution in [1.29, 1.82) is 0 Å². The number of piperidine rings is 2. The SMILES string of the molecule is CC(=O)N1CCC[C@@H](C(C)C)C1.CC(=O)N1CCC[C@@H]1CC(C)C.CC(C)C(C)(C)CO.CC(C)C(C)C.CC(C)C1CC(C)(O)C1.CC(C)C1CC(N2CCOCC2)C1.CC(C)C1CC(O)C1.CC(C)C1CCOCC1.CC(C)C[C@@H]1CCCN1.CC(C)C[C@H]1CCCN1.CC(C)[C@@H]1CCCNC1. The summed E-state index contributed by atoms with van der Waals surface area (Å²) in [6, 6.07) is 3.09. The van der Waals surface area contributed by atoms with Crippen LogP contribution in [0.1, 0.15) is 336 Å². The summed E-state index contributed by atoms with van der Waals surface area (Å²) in [5.41, 5.74) is -0.227. The summed E-state index contributed by atoms with van der Waals surface area (Å²) in [6.45, 7) is 77.9. The molecule has 0 radical (unpaired) electrons. The van der Waals surface area contributed by atoms with Gasteiger partial charge in [0.25, 0.3) is 0 Å². The molecule has 0 spiro atoms. The fourth-order valence-electron chi connectivity index (χ4n) is 15.1. The fraction of sp³-hybridized carbons (Fsp3) is 0.978. The Balaban J connectivity index is 0.00000113. The predicted molar refractivity (Wildman–Crippen MR) is 450 cm³/mol.